The first-order valence-corrected chi connectivity index (χ1v) is 10.0. The van der Waals surface area contributed by atoms with Gasteiger partial charge in [-0.2, -0.15) is 0 Å². The Labute approximate surface area is 176 Å². The van der Waals surface area contributed by atoms with E-state index in [4.69, 9.17) is 14.2 Å². The predicted octanol–water partition coefficient (Wildman–Crippen LogP) is 3.84. The smallest absolute Gasteiger partial charge is 0.331 e. The Kier molecular flexibility index (Phi) is 7.12. The van der Waals surface area contributed by atoms with Gasteiger partial charge in [-0.25, -0.2) is 4.79 Å². The Balaban J connectivity index is 1.57. The van der Waals surface area contributed by atoms with Crippen molar-refractivity contribution in [3.8, 4) is 11.5 Å². The molecule has 1 amide bonds. The summed E-state index contributed by atoms with van der Waals surface area (Å²) in [7, 11) is 0. The molecule has 30 heavy (non-hydrogen) atoms. The van der Waals surface area contributed by atoms with Gasteiger partial charge in [0, 0.05) is 6.08 Å². The lowest BCUT2D eigenvalue weighted by atomic mass is 9.95. The quantitative estimate of drug-likeness (QED) is 0.556. The van der Waals surface area contributed by atoms with Gasteiger partial charge in [0.25, 0.3) is 5.91 Å². The molecule has 1 N–H and O–H groups in total. The maximum Gasteiger partial charge on any atom is 0.331 e. The highest BCUT2D eigenvalue weighted by atomic mass is 16.6. The normalized spacial score (nSPS) is 13.9. The fourth-order valence-electron chi connectivity index (χ4n) is 3.22. The van der Waals surface area contributed by atoms with Crippen molar-refractivity contribution >= 4 is 18.0 Å². The first-order chi connectivity index (χ1) is 14.4. The average molecular weight is 409 g/mol. The second-order valence-electron chi connectivity index (χ2n) is 7.49. The molecule has 3 rings (SSSR count). The molecule has 6 nitrogen and oxygen atoms in total. The van der Waals surface area contributed by atoms with Crippen molar-refractivity contribution in [2.45, 2.75) is 26.8 Å². The zero-order valence-electron chi connectivity index (χ0n) is 17.5. The van der Waals surface area contributed by atoms with E-state index in [1.807, 2.05) is 63.2 Å². The van der Waals surface area contributed by atoms with Gasteiger partial charge in [-0.3, -0.25) is 4.79 Å². The zero-order chi connectivity index (χ0) is 21.5. The minimum absolute atomic E-state index is 0.133. The van der Waals surface area contributed by atoms with Crippen molar-refractivity contribution in [3.63, 3.8) is 0 Å². The molecular formula is C24H27NO5. The van der Waals surface area contributed by atoms with Crippen molar-refractivity contribution in [1.82, 2.24) is 5.32 Å². The van der Waals surface area contributed by atoms with Crippen molar-refractivity contribution in [2.24, 2.45) is 5.92 Å². The van der Waals surface area contributed by atoms with Crippen LogP contribution >= 0.6 is 0 Å². The molecule has 1 aliphatic rings. The van der Waals surface area contributed by atoms with Crippen LogP contribution < -0.4 is 14.8 Å². The topological polar surface area (TPSA) is 73.9 Å². The molecule has 0 bridgehead atoms. The van der Waals surface area contributed by atoms with Crippen molar-refractivity contribution in [1.29, 1.82) is 0 Å². The molecule has 0 saturated heterocycles. The van der Waals surface area contributed by atoms with E-state index in [0.717, 1.165) is 16.7 Å². The molecule has 0 spiro atoms. The number of carbonyl (C=O) groups is 2. The van der Waals surface area contributed by atoms with Crippen LogP contribution in [0.1, 0.15) is 36.6 Å². The monoisotopic (exact) mass is 409 g/mol. The van der Waals surface area contributed by atoms with Gasteiger partial charge in [-0.15, -0.1) is 0 Å². The second kappa shape index (κ2) is 9.96. The average Bonchev–Trinajstić information content (AvgIpc) is 2.75. The van der Waals surface area contributed by atoms with Crippen molar-refractivity contribution in [3.05, 3.63) is 65.2 Å². The Morgan fingerprint density at radius 3 is 2.57 bits per heavy atom. The van der Waals surface area contributed by atoms with E-state index in [0.29, 0.717) is 24.7 Å². The number of rotatable bonds is 7. The van der Waals surface area contributed by atoms with Crippen molar-refractivity contribution in [2.75, 3.05) is 19.8 Å². The number of amides is 1. The predicted molar refractivity (Wildman–Crippen MR) is 114 cm³/mol. The Morgan fingerprint density at radius 1 is 1.10 bits per heavy atom. The van der Waals surface area contributed by atoms with Gasteiger partial charge in [0.05, 0.1) is 6.04 Å². The van der Waals surface area contributed by atoms with Crippen molar-refractivity contribution < 1.29 is 23.8 Å². The number of aryl methyl sites for hydroxylation is 1. The number of nitrogens with one attached hydrogen (secondary N) is 1. The highest BCUT2D eigenvalue weighted by molar-refractivity contribution is 5.89. The third-order valence-electron chi connectivity index (χ3n) is 4.84. The molecule has 2 aromatic carbocycles. The molecule has 1 aliphatic heterocycles. The highest BCUT2D eigenvalue weighted by Gasteiger charge is 2.21. The summed E-state index contributed by atoms with van der Waals surface area (Å²) in [6.07, 6.45) is 3.01. The molecule has 0 radical (unpaired) electrons. The van der Waals surface area contributed by atoms with Crippen LogP contribution in [0, 0.1) is 12.8 Å². The highest BCUT2D eigenvalue weighted by Crippen LogP contribution is 2.34. The fourth-order valence-corrected chi connectivity index (χ4v) is 3.22. The molecule has 6 heteroatoms. The van der Waals surface area contributed by atoms with E-state index >= 15 is 0 Å². The summed E-state index contributed by atoms with van der Waals surface area (Å²) in [4.78, 5) is 24.3. The summed E-state index contributed by atoms with van der Waals surface area (Å²) in [6.45, 7) is 6.67. The molecule has 0 unspecified atom stereocenters. The van der Waals surface area contributed by atoms with E-state index in [2.05, 4.69) is 5.32 Å². The fraction of sp³-hybridized carbons (Fsp3) is 0.333. The van der Waals surface area contributed by atoms with E-state index in [1.54, 1.807) is 6.08 Å². The zero-order valence-corrected chi connectivity index (χ0v) is 17.5. The summed E-state index contributed by atoms with van der Waals surface area (Å²) in [6, 6.07) is 13.1. The van der Waals surface area contributed by atoms with Gasteiger partial charge < -0.3 is 19.5 Å². The van der Waals surface area contributed by atoms with Gasteiger partial charge in [-0.05, 0) is 47.7 Å². The van der Waals surface area contributed by atoms with Crippen LogP contribution in [0.4, 0.5) is 0 Å². The van der Waals surface area contributed by atoms with Gasteiger partial charge in [0.1, 0.15) is 13.2 Å². The second-order valence-corrected chi connectivity index (χ2v) is 7.49. The summed E-state index contributed by atoms with van der Waals surface area (Å²) in [5.74, 6) is 0.586. The standard InChI is InChI=1S/C24H27NO5/c1-16(2)24(19-8-10-20-21(14-19)29-13-12-28-20)25-22(26)15-30-23(27)11-9-18-7-5-4-6-17(18)3/h4-11,14,16,24H,12-13,15H2,1-3H3,(H,25,26)/b11-9+/t24-/m0/s1. The van der Waals surface area contributed by atoms with E-state index in [1.165, 1.54) is 6.08 Å². The maximum absolute atomic E-state index is 12.4. The van der Waals surface area contributed by atoms with Crippen LogP contribution in [0.5, 0.6) is 11.5 Å². The first kappa shape index (κ1) is 21.4. The number of esters is 1. The van der Waals surface area contributed by atoms with Gasteiger partial charge >= 0.3 is 5.97 Å². The number of ether oxygens (including phenoxy) is 3. The van der Waals surface area contributed by atoms with Gasteiger partial charge in [0.15, 0.2) is 18.1 Å². The lowest BCUT2D eigenvalue weighted by Crippen LogP contribution is -2.35. The molecule has 0 aliphatic carbocycles. The molecule has 0 saturated carbocycles. The number of hydrogen-bond acceptors (Lipinski definition) is 5. The van der Waals surface area contributed by atoms with Crippen LogP contribution in [0.25, 0.3) is 6.08 Å². The largest absolute Gasteiger partial charge is 0.486 e. The summed E-state index contributed by atoms with van der Waals surface area (Å²) < 4.78 is 16.3. The molecule has 2 aromatic rings. The van der Waals surface area contributed by atoms with Crippen LogP contribution in [-0.2, 0) is 14.3 Å². The number of hydrogen-bond donors (Lipinski definition) is 1. The molecule has 0 aromatic heterocycles. The third-order valence-corrected chi connectivity index (χ3v) is 4.84. The Morgan fingerprint density at radius 2 is 1.83 bits per heavy atom. The van der Waals surface area contributed by atoms with E-state index in [9.17, 15) is 9.59 Å². The van der Waals surface area contributed by atoms with E-state index < -0.39 is 5.97 Å². The summed E-state index contributed by atoms with van der Waals surface area (Å²) in [5.41, 5.74) is 2.89. The number of benzene rings is 2. The number of fused-ring (bicyclic) bond motifs is 1. The van der Waals surface area contributed by atoms with Crippen LogP contribution in [0.2, 0.25) is 0 Å². The number of carbonyl (C=O) groups excluding carboxylic acids is 2. The maximum atomic E-state index is 12.4. The van der Waals surface area contributed by atoms with Crippen LogP contribution in [-0.4, -0.2) is 31.7 Å². The van der Waals surface area contributed by atoms with E-state index in [-0.39, 0.29) is 24.5 Å². The minimum atomic E-state index is -0.561. The molecule has 1 heterocycles. The Hall–Kier alpha value is -3.28. The summed E-state index contributed by atoms with van der Waals surface area (Å²) in [5, 5.41) is 2.94. The molecule has 1 atom stereocenters. The minimum Gasteiger partial charge on any atom is -0.486 e. The lowest BCUT2D eigenvalue weighted by Gasteiger charge is -2.25. The van der Waals surface area contributed by atoms with Crippen LogP contribution in [0.3, 0.4) is 0 Å². The SMILES string of the molecule is Cc1ccccc1/C=C/C(=O)OCC(=O)N[C@H](c1ccc2c(c1)OCCO2)C(C)C. The van der Waals surface area contributed by atoms with Gasteiger partial charge in [0.2, 0.25) is 0 Å². The third kappa shape index (κ3) is 5.63. The lowest BCUT2D eigenvalue weighted by molar-refractivity contribution is -0.144. The van der Waals surface area contributed by atoms with Crippen LogP contribution in [0.15, 0.2) is 48.5 Å². The molecule has 158 valence electrons. The molecular weight excluding hydrogens is 382 g/mol. The van der Waals surface area contributed by atoms with Gasteiger partial charge in [-0.1, -0.05) is 44.2 Å². The summed E-state index contributed by atoms with van der Waals surface area (Å²) >= 11 is 0. The Bertz CT molecular complexity index is 935. The first-order valence-electron chi connectivity index (χ1n) is 10.0. The molecule has 0 fully saturated rings.